The molecule has 0 aromatic carbocycles. The summed E-state index contributed by atoms with van der Waals surface area (Å²) in [4.78, 5) is 13.4. The zero-order chi connectivity index (χ0) is 27.3. The Hall–Kier alpha value is -1.57. The molecule has 1 aromatic heterocycles. The molecule has 0 bridgehead atoms. The number of halogens is 2. The molecule has 1 saturated heterocycles. The Morgan fingerprint density at radius 1 is 1.29 bits per heavy atom. The van der Waals surface area contributed by atoms with Gasteiger partial charge in [0, 0.05) is 16.7 Å². The van der Waals surface area contributed by atoms with Gasteiger partial charge < -0.3 is 19.7 Å². The topological polar surface area (TPSA) is 93.8 Å². The van der Waals surface area contributed by atoms with Crippen molar-refractivity contribution in [1.29, 1.82) is 0 Å². The Labute approximate surface area is 231 Å². The van der Waals surface area contributed by atoms with E-state index in [-0.39, 0.29) is 12.3 Å². The van der Waals surface area contributed by atoms with Crippen molar-refractivity contribution in [2.75, 3.05) is 11.9 Å². The van der Waals surface area contributed by atoms with Crippen molar-refractivity contribution in [3.05, 3.63) is 23.0 Å². The Morgan fingerprint density at radius 2 is 2.05 bits per heavy atom. The van der Waals surface area contributed by atoms with E-state index >= 15 is 4.39 Å². The van der Waals surface area contributed by atoms with Crippen LogP contribution in [-0.4, -0.2) is 67.0 Å². The van der Waals surface area contributed by atoms with Crippen molar-refractivity contribution in [3.8, 4) is 11.8 Å². The van der Waals surface area contributed by atoms with Gasteiger partial charge in [0.1, 0.15) is 18.8 Å². The summed E-state index contributed by atoms with van der Waals surface area (Å²) in [5.74, 6) is 3.91. The van der Waals surface area contributed by atoms with Gasteiger partial charge in [-0.05, 0) is 63.5 Å². The number of hydrogen-bond donors (Lipinski definition) is 2. The summed E-state index contributed by atoms with van der Waals surface area (Å²) in [6, 6.07) is 0. The minimum atomic E-state index is -1.89. The Bertz CT molecular complexity index is 1280. The van der Waals surface area contributed by atoms with E-state index in [1.807, 2.05) is 18.5 Å². The Morgan fingerprint density at radius 3 is 2.76 bits per heavy atom. The number of rotatable bonds is 3. The summed E-state index contributed by atoms with van der Waals surface area (Å²) in [5.41, 5.74) is -2.17. The van der Waals surface area contributed by atoms with Crippen LogP contribution in [0.4, 0.5) is 4.39 Å². The molecule has 5 aliphatic rings. The number of aromatic nitrogens is 2. The molecule has 8 atom stereocenters. The van der Waals surface area contributed by atoms with E-state index in [9.17, 15) is 15.0 Å². The van der Waals surface area contributed by atoms with Crippen molar-refractivity contribution in [1.82, 2.24) is 9.78 Å². The first-order chi connectivity index (χ1) is 17.9. The number of carbonyl (C=O) groups excluding carboxylic acids is 1. The molecule has 0 radical (unpaired) electrons. The summed E-state index contributed by atoms with van der Waals surface area (Å²) < 4.78 is 32.3. The number of nitrogens with zero attached hydrogens (tertiary/aromatic N) is 2. The third-order valence-corrected chi connectivity index (χ3v) is 10.9. The molecule has 9 heteroatoms. The predicted octanol–water partition coefficient (Wildman–Crippen LogP) is 3.59. The van der Waals surface area contributed by atoms with Gasteiger partial charge in [0.25, 0.3) is 0 Å². The second-order valence-corrected chi connectivity index (χ2v) is 13.3. The monoisotopic (exact) mass is 590 g/mol. The molecule has 206 valence electrons. The summed E-state index contributed by atoms with van der Waals surface area (Å²) in [5, 5.41) is 26.9. The van der Waals surface area contributed by atoms with Crippen LogP contribution in [0.3, 0.4) is 0 Å². The van der Waals surface area contributed by atoms with Crippen molar-refractivity contribution in [3.63, 3.8) is 0 Å². The molecule has 6 rings (SSSR count). The first-order valence-electron chi connectivity index (χ1n) is 13.5. The Balaban J connectivity index is 1.40. The molecule has 0 unspecified atom stereocenters. The van der Waals surface area contributed by atoms with Crippen LogP contribution in [0.25, 0.3) is 6.08 Å². The number of fused-ring (bicyclic) bond motifs is 8. The van der Waals surface area contributed by atoms with Crippen molar-refractivity contribution in [2.24, 2.45) is 22.7 Å². The second-order valence-electron chi connectivity index (χ2n) is 12.7. The Kier molecular flexibility index (Phi) is 5.94. The van der Waals surface area contributed by atoms with Crippen LogP contribution in [0, 0.1) is 34.5 Å². The van der Waals surface area contributed by atoms with E-state index in [4.69, 9.17) is 9.47 Å². The molecule has 3 saturated carbocycles. The SMILES string of the molecule is CC1(C)O[C@@H]2C[C@H]3[C@@H]4CCC5=Cc6c(cnn6CC#CCBr)C[C@]5(C)[C@@]4(F)[C@@H](O)C[C@]3(C)[C@]2(C(=O)CO)O1. The third kappa shape index (κ3) is 3.16. The van der Waals surface area contributed by atoms with E-state index in [0.717, 1.165) is 16.8 Å². The standard InChI is InChI=1S/C29H36BrFN2O5/c1-25(2)37-24-12-20-19-8-7-18-11-21-17(15-32-33(21)10-6-5-9-30)13-26(18,3)28(19,31)22(35)14-27(20,4)29(24,38-25)23(36)16-34/h11,15,19-20,22,24,34-35H,7-10,12-14,16H2,1-4H3/t19-,20-,22-,24+,26-,27-,28-,29+/m0/s1. The average Bonchev–Trinajstić information content (AvgIpc) is 3.44. The lowest BCUT2D eigenvalue weighted by molar-refractivity contribution is -0.250. The number of aliphatic hydroxyl groups excluding tert-OH is 2. The largest absolute Gasteiger partial charge is 0.390 e. The molecule has 7 nitrogen and oxygen atoms in total. The lowest BCUT2D eigenvalue weighted by Gasteiger charge is -2.63. The van der Waals surface area contributed by atoms with Crippen LogP contribution in [0.15, 0.2) is 11.8 Å². The molecule has 1 aliphatic heterocycles. The number of ether oxygens (including phenoxy) is 2. The highest BCUT2D eigenvalue weighted by Crippen LogP contribution is 2.72. The van der Waals surface area contributed by atoms with Crippen molar-refractivity contribution >= 4 is 27.8 Å². The molecule has 4 aliphatic carbocycles. The van der Waals surface area contributed by atoms with E-state index in [0.29, 0.717) is 37.6 Å². The fraction of sp³-hybridized carbons (Fsp3) is 0.724. The lowest BCUT2D eigenvalue weighted by atomic mass is 9.43. The highest BCUT2D eigenvalue weighted by Gasteiger charge is 2.80. The molecule has 2 N–H and O–H groups in total. The van der Waals surface area contributed by atoms with Crippen LogP contribution < -0.4 is 0 Å². The summed E-state index contributed by atoms with van der Waals surface area (Å²) in [6.07, 6.45) is 4.18. The maximum atomic E-state index is 17.9. The summed E-state index contributed by atoms with van der Waals surface area (Å²) in [6.45, 7) is 7.19. The van der Waals surface area contributed by atoms with Gasteiger partial charge in [0.05, 0.1) is 29.4 Å². The fourth-order valence-electron chi connectivity index (χ4n) is 9.13. The number of aliphatic hydroxyl groups is 2. The molecular weight excluding hydrogens is 555 g/mol. The van der Waals surface area contributed by atoms with E-state index in [2.05, 4.69) is 38.9 Å². The maximum absolute atomic E-state index is 17.9. The number of allylic oxidation sites excluding steroid dienone is 1. The number of carbonyl (C=O) groups is 1. The molecule has 2 heterocycles. The van der Waals surface area contributed by atoms with Gasteiger partial charge in [0.2, 0.25) is 0 Å². The highest BCUT2D eigenvalue weighted by atomic mass is 79.9. The maximum Gasteiger partial charge on any atom is 0.193 e. The van der Waals surface area contributed by atoms with Crippen molar-refractivity contribution in [2.45, 2.75) is 95.6 Å². The summed E-state index contributed by atoms with van der Waals surface area (Å²) in [7, 11) is 0. The molecule has 0 spiro atoms. The van der Waals surface area contributed by atoms with E-state index in [1.165, 1.54) is 0 Å². The number of Topliss-reactive ketones (excluding diaryl/α,β-unsaturated/α-hetero) is 1. The number of alkyl halides is 2. The van der Waals surface area contributed by atoms with Crippen LogP contribution >= 0.6 is 15.9 Å². The van der Waals surface area contributed by atoms with Gasteiger partial charge in [-0.3, -0.25) is 9.48 Å². The van der Waals surface area contributed by atoms with Gasteiger partial charge >= 0.3 is 0 Å². The van der Waals surface area contributed by atoms with Crippen LogP contribution in [0.1, 0.15) is 64.6 Å². The van der Waals surface area contributed by atoms with Gasteiger partial charge in [-0.25, -0.2) is 4.39 Å². The molecular formula is C29H36BrFN2O5. The van der Waals surface area contributed by atoms with E-state index < -0.39 is 58.4 Å². The zero-order valence-corrected chi connectivity index (χ0v) is 24.0. The second kappa shape index (κ2) is 8.47. The molecule has 0 amide bonds. The quantitative estimate of drug-likeness (QED) is 0.413. The van der Waals surface area contributed by atoms with Crippen LogP contribution in [0.5, 0.6) is 0 Å². The van der Waals surface area contributed by atoms with E-state index in [1.54, 1.807) is 20.0 Å². The van der Waals surface area contributed by atoms with Gasteiger partial charge in [-0.2, -0.15) is 5.10 Å². The first-order valence-corrected chi connectivity index (χ1v) is 14.7. The first kappa shape index (κ1) is 26.6. The van der Waals surface area contributed by atoms with Crippen LogP contribution in [-0.2, 0) is 27.2 Å². The van der Waals surface area contributed by atoms with Gasteiger partial charge in [0.15, 0.2) is 17.2 Å². The smallest absolute Gasteiger partial charge is 0.193 e. The average molecular weight is 592 g/mol. The fourth-order valence-corrected chi connectivity index (χ4v) is 9.33. The highest BCUT2D eigenvalue weighted by molar-refractivity contribution is 9.09. The number of ketones is 1. The molecule has 38 heavy (non-hydrogen) atoms. The van der Waals surface area contributed by atoms with Gasteiger partial charge in [-0.1, -0.05) is 47.2 Å². The molecule has 4 fully saturated rings. The minimum absolute atomic E-state index is 0.0590. The van der Waals surface area contributed by atoms with Crippen LogP contribution in [0.2, 0.25) is 0 Å². The summed E-state index contributed by atoms with van der Waals surface area (Å²) >= 11 is 3.32. The molecule has 1 aromatic rings. The predicted molar refractivity (Wildman–Crippen MR) is 142 cm³/mol. The zero-order valence-electron chi connectivity index (χ0n) is 22.4. The van der Waals surface area contributed by atoms with Crippen molar-refractivity contribution < 1.29 is 28.9 Å². The van der Waals surface area contributed by atoms with Gasteiger partial charge in [-0.15, -0.1) is 0 Å². The lowest BCUT2D eigenvalue weighted by Crippen LogP contribution is -2.70. The number of hydrogen-bond acceptors (Lipinski definition) is 6. The minimum Gasteiger partial charge on any atom is -0.390 e. The third-order valence-electron chi connectivity index (χ3n) is 10.6. The normalized spacial score (nSPS) is 44.1.